The number of nitro groups is 1. The van der Waals surface area contributed by atoms with Gasteiger partial charge in [0, 0.05) is 16.7 Å². The van der Waals surface area contributed by atoms with Gasteiger partial charge in [0.25, 0.3) is 5.69 Å². The maximum Gasteiger partial charge on any atom is 0.272 e. The van der Waals surface area contributed by atoms with Crippen LogP contribution in [0.2, 0.25) is 5.02 Å². The molecule has 0 bridgehead atoms. The van der Waals surface area contributed by atoms with Crippen LogP contribution in [0.5, 0.6) is 0 Å². The average molecular weight is 257 g/mol. The highest BCUT2D eigenvalue weighted by Gasteiger charge is 2.13. The molecule has 0 spiro atoms. The summed E-state index contributed by atoms with van der Waals surface area (Å²) in [5, 5.41) is 14.6. The van der Waals surface area contributed by atoms with Crippen LogP contribution in [0.25, 0.3) is 0 Å². The minimum atomic E-state index is -0.367. The van der Waals surface area contributed by atoms with Gasteiger partial charge in [-0.15, -0.1) is 0 Å². The van der Waals surface area contributed by atoms with Gasteiger partial charge in [-0.25, -0.2) is 0 Å². The summed E-state index contributed by atoms with van der Waals surface area (Å²) in [4.78, 5) is 10.4. The molecule has 0 aliphatic rings. The molecule has 0 radical (unpaired) electrons. The smallest absolute Gasteiger partial charge is 0.272 e. The van der Waals surface area contributed by atoms with Crippen LogP contribution in [0.15, 0.2) is 18.2 Å². The third-order valence-corrected chi connectivity index (χ3v) is 2.60. The van der Waals surface area contributed by atoms with Crippen molar-refractivity contribution in [3.63, 3.8) is 0 Å². The van der Waals surface area contributed by atoms with E-state index in [1.54, 1.807) is 12.1 Å². The van der Waals surface area contributed by atoms with Crippen LogP contribution in [0, 0.1) is 16.0 Å². The highest BCUT2D eigenvalue weighted by molar-refractivity contribution is 6.30. The summed E-state index contributed by atoms with van der Waals surface area (Å²) in [7, 11) is 0. The highest BCUT2D eigenvalue weighted by atomic mass is 35.5. The predicted octanol–water partition coefficient (Wildman–Crippen LogP) is 3.04. The number of halogens is 1. The van der Waals surface area contributed by atoms with Crippen LogP contribution < -0.4 is 5.32 Å². The molecular weight excluding hydrogens is 240 g/mol. The van der Waals surface area contributed by atoms with Gasteiger partial charge in [-0.3, -0.25) is 10.1 Å². The van der Waals surface area contributed by atoms with Crippen LogP contribution in [0.4, 0.5) is 5.69 Å². The first kappa shape index (κ1) is 13.9. The van der Waals surface area contributed by atoms with Gasteiger partial charge in [0.1, 0.15) is 0 Å². The Balaban J connectivity index is 2.62. The summed E-state index contributed by atoms with van der Waals surface area (Å²) in [5.74, 6) is 0.573. The van der Waals surface area contributed by atoms with E-state index < -0.39 is 0 Å². The SMILES string of the molecule is CC(C)CNCCc1cc(Cl)ccc1[N+](=O)[O-]. The molecule has 0 aliphatic carbocycles. The average Bonchev–Trinajstić information content (AvgIpc) is 2.23. The second-order valence-electron chi connectivity index (χ2n) is 4.38. The Kier molecular flexibility index (Phi) is 5.38. The van der Waals surface area contributed by atoms with Gasteiger partial charge < -0.3 is 5.32 Å². The molecule has 0 fully saturated rings. The first-order chi connectivity index (χ1) is 8.00. The van der Waals surface area contributed by atoms with Crippen LogP contribution in [0.1, 0.15) is 19.4 Å². The molecule has 0 saturated carbocycles. The molecule has 0 unspecified atom stereocenters. The van der Waals surface area contributed by atoms with Gasteiger partial charge in [0.2, 0.25) is 0 Å². The monoisotopic (exact) mass is 256 g/mol. The lowest BCUT2D eigenvalue weighted by molar-refractivity contribution is -0.385. The lowest BCUT2D eigenvalue weighted by Gasteiger charge is -2.07. The van der Waals surface area contributed by atoms with E-state index in [-0.39, 0.29) is 10.6 Å². The van der Waals surface area contributed by atoms with Gasteiger partial charge >= 0.3 is 0 Å². The van der Waals surface area contributed by atoms with E-state index >= 15 is 0 Å². The fourth-order valence-electron chi connectivity index (χ4n) is 1.55. The summed E-state index contributed by atoms with van der Waals surface area (Å²) in [6.07, 6.45) is 0.615. The molecule has 1 aromatic carbocycles. The third kappa shape index (κ3) is 4.71. The summed E-state index contributed by atoms with van der Waals surface area (Å²) >= 11 is 5.84. The molecule has 94 valence electrons. The topological polar surface area (TPSA) is 55.2 Å². The van der Waals surface area contributed by atoms with Gasteiger partial charge in [-0.2, -0.15) is 0 Å². The molecule has 4 nitrogen and oxygen atoms in total. The Bertz CT molecular complexity index is 394. The molecule has 5 heteroatoms. The van der Waals surface area contributed by atoms with E-state index in [0.29, 0.717) is 22.9 Å². The van der Waals surface area contributed by atoms with E-state index in [4.69, 9.17) is 11.6 Å². The van der Waals surface area contributed by atoms with Crippen molar-refractivity contribution in [1.82, 2.24) is 5.32 Å². The van der Waals surface area contributed by atoms with Gasteiger partial charge in [-0.05, 0) is 37.6 Å². The van der Waals surface area contributed by atoms with Crippen molar-refractivity contribution in [2.24, 2.45) is 5.92 Å². The molecule has 0 saturated heterocycles. The number of nitrogens with zero attached hydrogens (tertiary/aromatic N) is 1. The van der Waals surface area contributed by atoms with Gasteiger partial charge in [0.15, 0.2) is 0 Å². The van der Waals surface area contributed by atoms with Crippen molar-refractivity contribution in [2.45, 2.75) is 20.3 Å². The van der Waals surface area contributed by atoms with Gasteiger partial charge in [-0.1, -0.05) is 25.4 Å². The Morgan fingerprint density at radius 1 is 1.47 bits per heavy atom. The molecule has 0 heterocycles. The maximum atomic E-state index is 10.8. The van der Waals surface area contributed by atoms with Crippen molar-refractivity contribution in [1.29, 1.82) is 0 Å². The number of rotatable bonds is 6. The van der Waals surface area contributed by atoms with Crippen molar-refractivity contribution in [2.75, 3.05) is 13.1 Å². The van der Waals surface area contributed by atoms with E-state index in [0.717, 1.165) is 13.1 Å². The van der Waals surface area contributed by atoms with E-state index in [9.17, 15) is 10.1 Å². The highest BCUT2D eigenvalue weighted by Crippen LogP contribution is 2.22. The summed E-state index contributed by atoms with van der Waals surface area (Å²) in [5.41, 5.74) is 0.819. The fraction of sp³-hybridized carbons (Fsp3) is 0.500. The summed E-state index contributed by atoms with van der Waals surface area (Å²) in [6.45, 7) is 5.87. The molecule has 1 aromatic rings. The standard InChI is InChI=1S/C12H17ClN2O2/c1-9(2)8-14-6-5-10-7-11(13)3-4-12(10)15(16)17/h3-4,7,9,14H,5-6,8H2,1-2H3. The first-order valence-electron chi connectivity index (χ1n) is 5.64. The molecule has 0 atom stereocenters. The predicted molar refractivity (Wildman–Crippen MR) is 69.5 cm³/mol. The zero-order chi connectivity index (χ0) is 12.8. The number of benzene rings is 1. The number of hydrogen-bond acceptors (Lipinski definition) is 3. The minimum absolute atomic E-state index is 0.140. The molecule has 1 N–H and O–H groups in total. The van der Waals surface area contributed by atoms with Gasteiger partial charge in [0.05, 0.1) is 4.92 Å². The summed E-state index contributed by atoms with van der Waals surface area (Å²) < 4.78 is 0. The van der Waals surface area contributed by atoms with E-state index in [1.807, 2.05) is 0 Å². The lowest BCUT2D eigenvalue weighted by atomic mass is 10.1. The lowest BCUT2D eigenvalue weighted by Crippen LogP contribution is -2.22. The molecule has 0 amide bonds. The quantitative estimate of drug-likeness (QED) is 0.484. The second-order valence-corrected chi connectivity index (χ2v) is 4.81. The Hall–Kier alpha value is -1.13. The van der Waals surface area contributed by atoms with Crippen molar-refractivity contribution in [3.05, 3.63) is 38.9 Å². The molecule has 0 aromatic heterocycles. The van der Waals surface area contributed by atoms with Crippen LogP contribution in [-0.2, 0) is 6.42 Å². The van der Waals surface area contributed by atoms with E-state index in [1.165, 1.54) is 6.07 Å². The third-order valence-electron chi connectivity index (χ3n) is 2.36. The molecule has 1 rings (SSSR count). The zero-order valence-corrected chi connectivity index (χ0v) is 10.8. The number of nitrogens with one attached hydrogen (secondary N) is 1. The van der Waals surface area contributed by atoms with Crippen LogP contribution >= 0.6 is 11.6 Å². The van der Waals surface area contributed by atoms with Crippen LogP contribution in [0.3, 0.4) is 0 Å². The second kappa shape index (κ2) is 6.57. The largest absolute Gasteiger partial charge is 0.316 e. The maximum absolute atomic E-state index is 10.8. The number of nitro benzene ring substituents is 1. The Labute approximate surface area is 106 Å². The Morgan fingerprint density at radius 3 is 2.76 bits per heavy atom. The normalized spacial score (nSPS) is 10.8. The van der Waals surface area contributed by atoms with E-state index in [2.05, 4.69) is 19.2 Å². The molecular formula is C12H17ClN2O2. The molecule has 17 heavy (non-hydrogen) atoms. The van der Waals surface area contributed by atoms with Crippen molar-refractivity contribution in [3.8, 4) is 0 Å². The number of hydrogen-bond donors (Lipinski definition) is 1. The summed E-state index contributed by atoms with van der Waals surface area (Å²) in [6, 6.07) is 4.67. The fourth-order valence-corrected chi connectivity index (χ4v) is 1.74. The Morgan fingerprint density at radius 2 is 2.18 bits per heavy atom. The van der Waals surface area contributed by atoms with Crippen molar-refractivity contribution < 1.29 is 4.92 Å². The molecule has 0 aliphatic heterocycles. The zero-order valence-electron chi connectivity index (χ0n) is 10.1. The van der Waals surface area contributed by atoms with Crippen molar-refractivity contribution >= 4 is 17.3 Å². The first-order valence-corrected chi connectivity index (χ1v) is 6.02. The van der Waals surface area contributed by atoms with Crippen LogP contribution in [-0.4, -0.2) is 18.0 Å². The minimum Gasteiger partial charge on any atom is -0.316 e.